The molecule has 4 aromatic rings. The lowest BCUT2D eigenvalue weighted by molar-refractivity contribution is 0.276. The standard InChI is InChI=1S/C21H19FN6O/c1-14-11-28(13-24-14)20-8-6-17(25-19(20)12-29)18-7-9-21(27-26-18)23-10-15-2-4-16(22)5-3-15/h2-9,11,13,29H,10,12H2,1H3,(H,23,27). The van der Waals surface area contributed by atoms with Crippen LogP contribution in [0.25, 0.3) is 17.1 Å². The van der Waals surface area contributed by atoms with Gasteiger partial charge in [0.2, 0.25) is 0 Å². The summed E-state index contributed by atoms with van der Waals surface area (Å²) in [6, 6.07) is 13.6. The molecular weight excluding hydrogens is 371 g/mol. The van der Waals surface area contributed by atoms with Gasteiger partial charge in [-0.05, 0) is 48.9 Å². The number of aliphatic hydroxyl groups excluding tert-OH is 1. The van der Waals surface area contributed by atoms with E-state index >= 15 is 0 Å². The predicted molar refractivity (Wildman–Crippen MR) is 107 cm³/mol. The highest BCUT2D eigenvalue weighted by Crippen LogP contribution is 2.21. The summed E-state index contributed by atoms with van der Waals surface area (Å²) < 4.78 is 14.8. The molecule has 0 amide bonds. The molecule has 0 fully saturated rings. The van der Waals surface area contributed by atoms with Gasteiger partial charge in [-0.2, -0.15) is 0 Å². The molecule has 2 N–H and O–H groups in total. The minimum Gasteiger partial charge on any atom is -0.390 e. The number of nitrogens with zero attached hydrogens (tertiary/aromatic N) is 5. The van der Waals surface area contributed by atoms with E-state index in [1.54, 1.807) is 24.5 Å². The van der Waals surface area contributed by atoms with Crippen molar-refractivity contribution in [3.63, 3.8) is 0 Å². The van der Waals surface area contributed by atoms with Crippen molar-refractivity contribution in [2.75, 3.05) is 5.32 Å². The van der Waals surface area contributed by atoms with E-state index in [9.17, 15) is 9.50 Å². The Bertz CT molecular complexity index is 1110. The quantitative estimate of drug-likeness (QED) is 0.525. The van der Waals surface area contributed by atoms with Crippen LogP contribution in [0.5, 0.6) is 0 Å². The maximum atomic E-state index is 13.0. The summed E-state index contributed by atoms with van der Waals surface area (Å²) in [5, 5.41) is 21.3. The van der Waals surface area contributed by atoms with Crippen molar-refractivity contribution in [2.45, 2.75) is 20.1 Å². The minimum absolute atomic E-state index is 0.203. The lowest BCUT2D eigenvalue weighted by Gasteiger charge is -2.10. The molecule has 0 aliphatic rings. The molecule has 1 aromatic carbocycles. The van der Waals surface area contributed by atoms with E-state index in [1.807, 2.05) is 35.9 Å². The lowest BCUT2D eigenvalue weighted by atomic mass is 10.2. The minimum atomic E-state index is -0.262. The first kappa shape index (κ1) is 18.7. The molecule has 0 spiro atoms. The molecule has 0 saturated heterocycles. The van der Waals surface area contributed by atoms with E-state index in [1.165, 1.54) is 12.1 Å². The number of halogens is 1. The molecule has 0 unspecified atom stereocenters. The Labute approximate surface area is 166 Å². The van der Waals surface area contributed by atoms with Gasteiger partial charge in [0.05, 0.1) is 35.7 Å². The average Bonchev–Trinajstić information content (AvgIpc) is 3.19. The second kappa shape index (κ2) is 8.15. The van der Waals surface area contributed by atoms with Crippen LogP contribution in [0, 0.1) is 12.7 Å². The molecule has 7 nitrogen and oxygen atoms in total. The second-order valence-electron chi connectivity index (χ2n) is 6.53. The number of hydrogen-bond donors (Lipinski definition) is 2. The topological polar surface area (TPSA) is 88.8 Å². The smallest absolute Gasteiger partial charge is 0.148 e. The summed E-state index contributed by atoms with van der Waals surface area (Å²) in [5.41, 5.74) is 4.33. The van der Waals surface area contributed by atoms with E-state index in [-0.39, 0.29) is 12.4 Å². The molecule has 146 valence electrons. The highest BCUT2D eigenvalue weighted by Gasteiger charge is 2.10. The van der Waals surface area contributed by atoms with Gasteiger partial charge >= 0.3 is 0 Å². The summed E-state index contributed by atoms with van der Waals surface area (Å²) in [7, 11) is 0. The summed E-state index contributed by atoms with van der Waals surface area (Å²) >= 11 is 0. The fourth-order valence-corrected chi connectivity index (χ4v) is 2.90. The van der Waals surface area contributed by atoms with Crippen LogP contribution in [-0.2, 0) is 13.2 Å². The van der Waals surface area contributed by atoms with Gasteiger partial charge in [-0.15, -0.1) is 10.2 Å². The van der Waals surface area contributed by atoms with Crippen molar-refractivity contribution in [1.82, 2.24) is 24.7 Å². The number of aryl methyl sites for hydroxylation is 1. The molecule has 29 heavy (non-hydrogen) atoms. The maximum absolute atomic E-state index is 13.0. The van der Waals surface area contributed by atoms with Gasteiger partial charge < -0.3 is 15.0 Å². The molecule has 0 radical (unpaired) electrons. The van der Waals surface area contributed by atoms with Gasteiger partial charge in [0.15, 0.2) is 0 Å². The summed E-state index contributed by atoms with van der Waals surface area (Å²) in [4.78, 5) is 8.73. The first-order chi connectivity index (χ1) is 14.1. The molecule has 0 aliphatic carbocycles. The van der Waals surface area contributed by atoms with Crippen molar-refractivity contribution in [3.05, 3.63) is 83.8 Å². The van der Waals surface area contributed by atoms with E-state index in [2.05, 4.69) is 25.5 Å². The average molecular weight is 390 g/mol. The van der Waals surface area contributed by atoms with Gasteiger partial charge in [-0.1, -0.05) is 12.1 Å². The molecule has 0 aliphatic heterocycles. The van der Waals surface area contributed by atoms with E-state index in [4.69, 9.17) is 0 Å². The zero-order chi connectivity index (χ0) is 20.2. The van der Waals surface area contributed by atoms with Crippen LogP contribution >= 0.6 is 0 Å². The van der Waals surface area contributed by atoms with Crippen LogP contribution in [0.15, 0.2) is 61.1 Å². The van der Waals surface area contributed by atoms with Crippen LogP contribution in [0.2, 0.25) is 0 Å². The van der Waals surface area contributed by atoms with Crippen molar-refractivity contribution >= 4 is 5.82 Å². The SMILES string of the molecule is Cc1cn(-c2ccc(-c3ccc(NCc4ccc(F)cc4)nn3)nc2CO)cn1. The third-order valence-corrected chi connectivity index (χ3v) is 4.40. The Morgan fingerprint density at radius 1 is 1.00 bits per heavy atom. The number of rotatable bonds is 6. The highest BCUT2D eigenvalue weighted by atomic mass is 19.1. The summed E-state index contributed by atoms with van der Waals surface area (Å²) in [5.74, 6) is 0.341. The number of pyridine rings is 1. The molecule has 0 bridgehead atoms. The van der Waals surface area contributed by atoms with E-state index in [0.29, 0.717) is 29.4 Å². The van der Waals surface area contributed by atoms with Crippen molar-refractivity contribution in [2.24, 2.45) is 0 Å². The van der Waals surface area contributed by atoms with Gasteiger partial charge in [-0.3, -0.25) is 0 Å². The Kier molecular flexibility index (Phi) is 5.26. The number of hydrogen-bond acceptors (Lipinski definition) is 6. The van der Waals surface area contributed by atoms with E-state index < -0.39 is 0 Å². The first-order valence-electron chi connectivity index (χ1n) is 9.06. The Morgan fingerprint density at radius 3 is 2.45 bits per heavy atom. The number of aromatic nitrogens is 5. The monoisotopic (exact) mass is 390 g/mol. The van der Waals surface area contributed by atoms with Crippen LogP contribution in [-0.4, -0.2) is 29.8 Å². The fourth-order valence-electron chi connectivity index (χ4n) is 2.90. The molecule has 4 rings (SSSR count). The van der Waals surface area contributed by atoms with Gasteiger partial charge in [0.25, 0.3) is 0 Å². The van der Waals surface area contributed by atoms with Crippen molar-refractivity contribution in [1.29, 1.82) is 0 Å². The number of benzene rings is 1. The van der Waals surface area contributed by atoms with Crippen LogP contribution in [0.3, 0.4) is 0 Å². The van der Waals surface area contributed by atoms with Crippen LogP contribution in [0.4, 0.5) is 10.2 Å². The van der Waals surface area contributed by atoms with E-state index in [0.717, 1.165) is 16.9 Å². The summed E-state index contributed by atoms with van der Waals surface area (Å²) in [6.45, 7) is 2.21. The zero-order valence-electron chi connectivity index (χ0n) is 15.7. The number of imidazole rings is 1. The van der Waals surface area contributed by atoms with Crippen molar-refractivity contribution in [3.8, 4) is 17.1 Å². The third-order valence-electron chi connectivity index (χ3n) is 4.40. The van der Waals surface area contributed by atoms with Crippen LogP contribution in [0.1, 0.15) is 17.0 Å². The summed E-state index contributed by atoms with van der Waals surface area (Å²) in [6.07, 6.45) is 3.56. The Balaban J connectivity index is 1.50. The Hall–Kier alpha value is -3.65. The lowest BCUT2D eigenvalue weighted by Crippen LogP contribution is -2.04. The van der Waals surface area contributed by atoms with Crippen molar-refractivity contribution < 1.29 is 9.50 Å². The highest BCUT2D eigenvalue weighted by molar-refractivity contribution is 5.57. The maximum Gasteiger partial charge on any atom is 0.148 e. The van der Waals surface area contributed by atoms with Gasteiger partial charge in [-0.25, -0.2) is 14.4 Å². The molecule has 3 aromatic heterocycles. The molecule has 0 atom stereocenters. The number of aliphatic hydroxyl groups is 1. The number of anilines is 1. The molecule has 0 saturated carbocycles. The Morgan fingerprint density at radius 2 is 1.79 bits per heavy atom. The van der Waals surface area contributed by atoms with Gasteiger partial charge in [0.1, 0.15) is 17.3 Å². The molecular formula is C21H19FN6O. The molecule has 3 heterocycles. The normalized spacial score (nSPS) is 10.9. The van der Waals surface area contributed by atoms with Crippen LogP contribution < -0.4 is 5.32 Å². The second-order valence-corrected chi connectivity index (χ2v) is 6.53. The zero-order valence-corrected chi connectivity index (χ0v) is 15.7. The largest absolute Gasteiger partial charge is 0.390 e. The third kappa shape index (κ3) is 4.27. The first-order valence-corrected chi connectivity index (χ1v) is 9.06. The fraction of sp³-hybridized carbons (Fsp3) is 0.143. The van der Waals surface area contributed by atoms with Gasteiger partial charge in [0, 0.05) is 12.7 Å². The number of nitrogens with one attached hydrogen (secondary N) is 1. The predicted octanol–water partition coefficient (Wildman–Crippen LogP) is 3.28. The molecule has 8 heteroatoms.